The maximum Gasteiger partial charge on any atom is 0.280 e. The molecule has 0 saturated heterocycles. The van der Waals surface area contributed by atoms with Crippen LogP contribution in [0.5, 0.6) is 0 Å². The summed E-state index contributed by atoms with van der Waals surface area (Å²) in [6, 6.07) is 7.13. The average molecular weight is 438 g/mol. The van der Waals surface area contributed by atoms with Crippen molar-refractivity contribution in [2.24, 2.45) is 0 Å². The van der Waals surface area contributed by atoms with E-state index in [-0.39, 0.29) is 17.9 Å². The van der Waals surface area contributed by atoms with E-state index in [0.717, 1.165) is 16.8 Å². The zero-order valence-corrected chi connectivity index (χ0v) is 17.5. The van der Waals surface area contributed by atoms with Crippen molar-refractivity contribution in [1.29, 1.82) is 0 Å². The smallest absolute Gasteiger partial charge is 0.280 e. The molecule has 31 heavy (non-hydrogen) atoms. The number of H-pyrrole nitrogens is 1. The third kappa shape index (κ3) is 4.56. The number of carbonyl (C=O) groups is 1. The zero-order chi connectivity index (χ0) is 21.8. The van der Waals surface area contributed by atoms with Gasteiger partial charge in [0, 0.05) is 43.3 Å². The monoisotopic (exact) mass is 437 g/mol. The first kappa shape index (κ1) is 20.5. The fraction of sp³-hybridized carbons (Fsp3) is 0.190. The number of pyridine rings is 2. The van der Waals surface area contributed by atoms with E-state index >= 15 is 0 Å². The molecule has 0 saturated carbocycles. The minimum Gasteiger partial charge on any atom is -0.352 e. The molecule has 0 atom stereocenters. The number of hydrogen-bond acceptors (Lipinski definition) is 5. The predicted molar refractivity (Wildman–Crippen MR) is 116 cm³/mol. The molecule has 9 nitrogen and oxygen atoms in total. The lowest BCUT2D eigenvalue weighted by atomic mass is 10.2. The van der Waals surface area contributed by atoms with E-state index in [9.17, 15) is 9.59 Å². The summed E-state index contributed by atoms with van der Waals surface area (Å²) in [7, 11) is 0. The molecular formula is C21H20ClN7O2. The van der Waals surface area contributed by atoms with Gasteiger partial charge in [0.1, 0.15) is 0 Å². The van der Waals surface area contributed by atoms with Crippen LogP contribution in [0.25, 0.3) is 16.9 Å². The van der Waals surface area contributed by atoms with E-state index in [1.54, 1.807) is 53.9 Å². The third-order valence-corrected chi connectivity index (χ3v) is 5.24. The van der Waals surface area contributed by atoms with Gasteiger partial charge in [0.15, 0.2) is 5.82 Å². The summed E-state index contributed by atoms with van der Waals surface area (Å²) in [6.45, 7) is 2.62. The van der Waals surface area contributed by atoms with Gasteiger partial charge in [-0.15, -0.1) is 0 Å². The van der Waals surface area contributed by atoms with Crippen LogP contribution in [-0.2, 0) is 17.9 Å². The largest absolute Gasteiger partial charge is 0.352 e. The molecule has 4 heterocycles. The van der Waals surface area contributed by atoms with E-state index in [4.69, 9.17) is 11.6 Å². The van der Waals surface area contributed by atoms with Gasteiger partial charge >= 0.3 is 0 Å². The van der Waals surface area contributed by atoms with E-state index in [1.807, 2.05) is 13.0 Å². The van der Waals surface area contributed by atoms with Crippen molar-refractivity contribution in [3.63, 3.8) is 0 Å². The van der Waals surface area contributed by atoms with Gasteiger partial charge in [-0.1, -0.05) is 17.7 Å². The molecule has 0 aliphatic heterocycles. The van der Waals surface area contributed by atoms with Gasteiger partial charge in [-0.05, 0) is 30.7 Å². The molecule has 4 aromatic heterocycles. The zero-order valence-electron chi connectivity index (χ0n) is 16.7. The molecule has 0 aromatic carbocycles. The van der Waals surface area contributed by atoms with E-state index in [2.05, 4.69) is 25.5 Å². The van der Waals surface area contributed by atoms with Crippen LogP contribution in [0.2, 0.25) is 5.02 Å². The van der Waals surface area contributed by atoms with Gasteiger partial charge in [0.2, 0.25) is 5.91 Å². The van der Waals surface area contributed by atoms with Crippen molar-refractivity contribution < 1.29 is 4.79 Å². The summed E-state index contributed by atoms with van der Waals surface area (Å²) >= 11 is 5.98. The van der Waals surface area contributed by atoms with Gasteiger partial charge < -0.3 is 5.32 Å². The number of nitrogens with zero attached hydrogens (tertiary/aromatic N) is 5. The fourth-order valence-electron chi connectivity index (χ4n) is 3.11. The summed E-state index contributed by atoms with van der Waals surface area (Å²) < 4.78 is 3.06. The number of rotatable bonds is 7. The molecule has 158 valence electrons. The van der Waals surface area contributed by atoms with Crippen molar-refractivity contribution in [2.75, 3.05) is 0 Å². The topological polar surface area (TPSA) is 110 Å². The second-order valence-corrected chi connectivity index (χ2v) is 7.33. The second kappa shape index (κ2) is 8.97. The van der Waals surface area contributed by atoms with E-state index in [0.29, 0.717) is 29.5 Å². The molecule has 2 N–H and O–H groups in total. The van der Waals surface area contributed by atoms with Crippen LogP contribution in [0.4, 0.5) is 0 Å². The van der Waals surface area contributed by atoms with Crippen LogP contribution in [0.1, 0.15) is 17.7 Å². The van der Waals surface area contributed by atoms with Crippen LogP contribution in [0.3, 0.4) is 0 Å². The Bertz CT molecular complexity index is 1260. The second-order valence-electron chi connectivity index (χ2n) is 6.92. The Morgan fingerprint density at radius 2 is 2.13 bits per heavy atom. The molecule has 1 amide bonds. The number of aromatic amines is 1. The number of nitrogens with one attached hydrogen (secondary N) is 2. The highest BCUT2D eigenvalue weighted by molar-refractivity contribution is 6.31. The number of amides is 1. The van der Waals surface area contributed by atoms with E-state index < -0.39 is 0 Å². The Morgan fingerprint density at radius 3 is 2.87 bits per heavy atom. The van der Waals surface area contributed by atoms with Crippen molar-refractivity contribution in [3.05, 3.63) is 81.9 Å². The molecule has 0 aliphatic carbocycles. The lowest BCUT2D eigenvalue weighted by Gasteiger charge is -2.08. The number of hydrogen-bond donors (Lipinski definition) is 2. The summed E-state index contributed by atoms with van der Waals surface area (Å²) in [5.74, 6) is 0.328. The Morgan fingerprint density at radius 1 is 1.26 bits per heavy atom. The Hall–Kier alpha value is -3.72. The Balaban J connectivity index is 1.41. The van der Waals surface area contributed by atoms with Gasteiger partial charge in [-0.3, -0.25) is 24.4 Å². The standard InChI is InChI=1S/C21H20ClN7O2/c1-14-18(22)13-26-28(14)8-5-20(30)25-10-15-4-7-24-19(9-15)29-21(31)17(12-27-29)16-3-2-6-23-11-16/h2-4,6-7,9,11-13,27H,5,8,10H2,1H3,(H,25,30). The average Bonchev–Trinajstić information content (AvgIpc) is 3.33. The van der Waals surface area contributed by atoms with Gasteiger partial charge in [-0.25, -0.2) is 9.67 Å². The molecule has 4 aromatic rings. The summed E-state index contributed by atoms with van der Waals surface area (Å²) in [6.07, 6.45) is 8.35. The molecule has 0 bridgehead atoms. The van der Waals surface area contributed by atoms with Crippen molar-refractivity contribution in [2.45, 2.75) is 26.4 Å². The van der Waals surface area contributed by atoms with Crippen LogP contribution >= 0.6 is 11.6 Å². The van der Waals surface area contributed by atoms with Crippen molar-refractivity contribution in [3.8, 4) is 16.9 Å². The first-order valence-corrected chi connectivity index (χ1v) is 10.0. The molecule has 10 heteroatoms. The summed E-state index contributed by atoms with van der Waals surface area (Å²) in [5, 5.41) is 10.5. The van der Waals surface area contributed by atoms with Crippen LogP contribution in [0.15, 0.2) is 60.0 Å². The normalized spacial score (nSPS) is 10.9. The summed E-state index contributed by atoms with van der Waals surface area (Å²) in [4.78, 5) is 33.3. The first-order chi connectivity index (χ1) is 15.0. The van der Waals surface area contributed by atoms with Crippen LogP contribution in [0, 0.1) is 6.92 Å². The fourth-order valence-corrected chi connectivity index (χ4v) is 3.25. The molecule has 0 spiro atoms. The van der Waals surface area contributed by atoms with Crippen LogP contribution in [-0.4, -0.2) is 35.4 Å². The molecule has 4 rings (SSSR count). The Kier molecular flexibility index (Phi) is 5.94. The van der Waals surface area contributed by atoms with Gasteiger partial charge in [0.05, 0.1) is 29.0 Å². The SMILES string of the molecule is Cc1c(Cl)cnn1CCC(=O)NCc1ccnc(-n2[nH]cc(-c3cccnc3)c2=O)c1. The number of halogens is 1. The quantitative estimate of drug-likeness (QED) is 0.461. The highest BCUT2D eigenvalue weighted by Gasteiger charge is 2.12. The lowest BCUT2D eigenvalue weighted by molar-refractivity contribution is -0.121. The maximum atomic E-state index is 12.8. The minimum absolute atomic E-state index is 0.111. The first-order valence-electron chi connectivity index (χ1n) is 9.63. The maximum absolute atomic E-state index is 12.8. The van der Waals surface area contributed by atoms with Crippen LogP contribution < -0.4 is 10.9 Å². The molecule has 0 radical (unpaired) electrons. The lowest BCUT2D eigenvalue weighted by Crippen LogP contribution is -2.24. The molecule has 0 aliphatic rings. The predicted octanol–water partition coefficient (Wildman–Crippen LogP) is 2.49. The minimum atomic E-state index is -0.227. The molecule has 0 unspecified atom stereocenters. The Labute approximate surface area is 182 Å². The van der Waals surface area contributed by atoms with Gasteiger partial charge in [0.25, 0.3) is 5.56 Å². The molecule has 0 fully saturated rings. The number of aromatic nitrogens is 6. The molecular weight excluding hydrogens is 418 g/mol. The highest BCUT2D eigenvalue weighted by Crippen LogP contribution is 2.15. The van der Waals surface area contributed by atoms with Crippen molar-refractivity contribution >= 4 is 17.5 Å². The summed E-state index contributed by atoms with van der Waals surface area (Å²) in [5.41, 5.74) is 2.65. The highest BCUT2D eigenvalue weighted by atomic mass is 35.5. The number of carbonyl (C=O) groups excluding carboxylic acids is 1. The third-order valence-electron chi connectivity index (χ3n) is 4.87. The van der Waals surface area contributed by atoms with E-state index in [1.165, 1.54) is 4.68 Å². The number of aryl methyl sites for hydroxylation is 1. The van der Waals surface area contributed by atoms with Gasteiger partial charge in [-0.2, -0.15) is 5.10 Å². The van der Waals surface area contributed by atoms with Crippen molar-refractivity contribution in [1.82, 2.24) is 34.8 Å².